The zero-order valence-electron chi connectivity index (χ0n) is 10.4. The summed E-state index contributed by atoms with van der Waals surface area (Å²) in [6.45, 7) is -0.00611. The van der Waals surface area contributed by atoms with Gasteiger partial charge in [0.15, 0.2) is 6.10 Å². The monoisotopic (exact) mass is 308 g/mol. The molecule has 0 fully saturated rings. The molecular formula is C12H12ClF3N2O2. The number of halogens is 4. The fourth-order valence-corrected chi connectivity index (χ4v) is 1.54. The molecule has 2 N–H and O–H groups in total. The average molecular weight is 309 g/mol. The maximum atomic E-state index is 12.3. The van der Waals surface area contributed by atoms with Crippen LogP contribution in [-0.2, 0) is 4.79 Å². The van der Waals surface area contributed by atoms with Crippen LogP contribution in [0.5, 0.6) is 0 Å². The smallest absolute Gasteiger partial charge is 0.382 e. The lowest BCUT2D eigenvalue weighted by Gasteiger charge is -2.25. The third-order valence-electron chi connectivity index (χ3n) is 2.50. The van der Waals surface area contributed by atoms with Crippen LogP contribution in [0, 0.1) is 5.41 Å². The van der Waals surface area contributed by atoms with Gasteiger partial charge in [-0.25, -0.2) is 0 Å². The van der Waals surface area contributed by atoms with E-state index in [4.69, 9.17) is 22.1 Å². The lowest BCUT2D eigenvalue weighted by atomic mass is 10.1. The van der Waals surface area contributed by atoms with Crippen molar-refractivity contribution in [2.45, 2.75) is 19.2 Å². The molecule has 20 heavy (non-hydrogen) atoms. The molecule has 0 saturated carbocycles. The van der Waals surface area contributed by atoms with Gasteiger partial charge >= 0.3 is 6.18 Å². The Balaban J connectivity index is 2.94. The van der Waals surface area contributed by atoms with Gasteiger partial charge in [-0.15, -0.1) is 0 Å². The summed E-state index contributed by atoms with van der Waals surface area (Å²) in [5, 5.41) is 17.2. The Bertz CT molecular complexity index is 502. The van der Waals surface area contributed by atoms with E-state index in [-0.39, 0.29) is 5.56 Å². The van der Waals surface area contributed by atoms with Crippen LogP contribution in [0.25, 0.3) is 0 Å². The van der Waals surface area contributed by atoms with E-state index in [1.54, 1.807) is 0 Å². The highest BCUT2D eigenvalue weighted by molar-refractivity contribution is 6.30. The molecule has 0 heterocycles. The second kappa shape index (κ2) is 6.23. The Kier molecular flexibility index (Phi) is 5.13. The van der Waals surface area contributed by atoms with Gasteiger partial charge in [0.2, 0.25) is 5.91 Å². The molecule has 0 unspecified atom stereocenters. The van der Waals surface area contributed by atoms with Gasteiger partial charge in [-0.3, -0.25) is 15.1 Å². The van der Waals surface area contributed by atoms with Crippen molar-refractivity contribution >= 4 is 23.3 Å². The molecule has 0 radical (unpaired) electrons. The summed E-state index contributed by atoms with van der Waals surface area (Å²) in [5.41, 5.74) is 0.221. The van der Waals surface area contributed by atoms with Crippen LogP contribution in [0.2, 0.25) is 5.02 Å². The minimum Gasteiger partial charge on any atom is -0.382 e. The van der Waals surface area contributed by atoms with Gasteiger partial charge in [-0.2, -0.15) is 13.2 Å². The second-order valence-corrected chi connectivity index (χ2v) is 4.48. The van der Waals surface area contributed by atoms with E-state index in [2.05, 4.69) is 0 Å². The number of hydrogen-bond donors (Lipinski definition) is 2. The van der Waals surface area contributed by atoms with Gasteiger partial charge in [0.25, 0.3) is 0 Å². The largest absolute Gasteiger partial charge is 0.416 e. The highest BCUT2D eigenvalue weighted by Crippen LogP contribution is 2.21. The van der Waals surface area contributed by atoms with E-state index >= 15 is 0 Å². The Morgan fingerprint density at radius 1 is 1.40 bits per heavy atom. The molecule has 0 aliphatic carbocycles. The number of nitrogens with zero attached hydrogens (tertiary/aromatic N) is 1. The number of amides is 1. The van der Waals surface area contributed by atoms with Crippen molar-refractivity contribution in [3.05, 3.63) is 34.9 Å². The SMILES string of the molecule is CC(=O)N(C[C@H](O)C(F)(F)F)C(=N)c1ccc(Cl)cc1. The maximum Gasteiger partial charge on any atom is 0.416 e. The summed E-state index contributed by atoms with van der Waals surface area (Å²) in [6, 6.07) is 5.70. The third-order valence-corrected chi connectivity index (χ3v) is 2.75. The molecule has 1 rings (SSSR count). The van der Waals surface area contributed by atoms with Crippen molar-refractivity contribution in [1.82, 2.24) is 4.90 Å². The number of rotatable bonds is 3. The summed E-state index contributed by atoms with van der Waals surface area (Å²) in [4.78, 5) is 11.9. The van der Waals surface area contributed by atoms with Gasteiger partial charge < -0.3 is 5.11 Å². The van der Waals surface area contributed by atoms with Gasteiger partial charge in [-0.1, -0.05) is 11.6 Å². The van der Waals surface area contributed by atoms with Crippen LogP contribution in [0.4, 0.5) is 13.2 Å². The minimum absolute atomic E-state index is 0.221. The highest BCUT2D eigenvalue weighted by atomic mass is 35.5. The Hall–Kier alpha value is -1.60. The lowest BCUT2D eigenvalue weighted by Crippen LogP contribution is -2.45. The molecule has 0 aliphatic heterocycles. The number of amidine groups is 1. The van der Waals surface area contributed by atoms with E-state index < -0.39 is 30.6 Å². The molecule has 8 heteroatoms. The third kappa shape index (κ3) is 4.21. The molecule has 0 saturated heterocycles. The zero-order valence-corrected chi connectivity index (χ0v) is 11.2. The Morgan fingerprint density at radius 3 is 2.30 bits per heavy atom. The number of benzene rings is 1. The van der Waals surface area contributed by atoms with Gasteiger partial charge in [0, 0.05) is 17.5 Å². The first-order valence-electron chi connectivity index (χ1n) is 5.50. The van der Waals surface area contributed by atoms with E-state index in [0.717, 1.165) is 6.92 Å². The molecule has 0 aliphatic rings. The van der Waals surface area contributed by atoms with Crippen molar-refractivity contribution in [3.63, 3.8) is 0 Å². The van der Waals surface area contributed by atoms with Gasteiger partial charge in [0.1, 0.15) is 5.84 Å². The predicted octanol–water partition coefficient (Wildman–Crippen LogP) is 2.44. The molecular weight excluding hydrogens is 297 g/mol. The van der Waals surface area contributed by atoms with Crippen molar-refractivity contribution in [1.29, 1.82) is 5.41 Å². The van der Waals surface area contributed by atoms with Crippen LogP contribution in [-0.4, -0.2) is 40.6 Å². The van der Waals surface area contributed by atoms with Crippen molar-refractivity contribution in [2.24, 2.45) is 0 Å². The molecule has 1 atom stereocenters. The molecule has 4 nitrogen and oxygen atoms in total. The Labute approximate surface area is 118 Å². The summed E-state index contributed by atoms with van der Waals surface area (Å²) < 4.78 is 36.9. The first-order chi connectivity index (χ1) is 9.12. The van der Waals surface area contributed by atoms with Crippen LogP contribution < -0.4 is 0 Å². The second-order valence-electron chi connectivity index (χ2n) is 4.04. The van der Waals surface area contributed by atoms with Crippen LogP contribution in [0.1, 0.15) is 12.5 Å². The van der Waals surface area contributed by atoms with Crippen molar-refractivity contribution in [3.8, 4) is 0 Å². The summed E-state index contributed by atoms with van der Waals surface area (Å²) in [5.74, 6) is -1.20. The average Bonchev–Trinajstić information content (AvgIpc) is 2.34. The molecule has 0 bridgehead atoms. The first-order valence-corrected chi connectivity index (χ1v) is 5.88. The first kappa shape index (κ1) is 16.5. The summed E-state index contributed by atoms with van der Waals surface area (Å²) in [6.07, 6.45) is -7.56. The molecule has 0 aromatic heterocycles. The van der Waals surface area contributed by atoms with Crippen LogP contribution in [0.3, 0.4) is 0 Å². The lowest BCUT2D eigenvalue weighted by molar-refractivity contribution is -0.205. The maximum absolute atomic E-state index is 12.3. The quantitative estimate of drug-likeness (QED) is 0.665. The summed E-state index contributed by atoms with van der Waals surface area (Å²) >= 11 is 5.66. The standard InChI is InChI=1S/C12H12ClF3N2O2/c1-7(19)18(6-10(20)12(14,15)16)11(17)8-2-4-9(13)5-3-8/h2-5,10,17,20H,6H2,1H3/t10-/m0/s1. The number of hydrogen-bond acceptors (Lipinski definition) is 3. The van der Waals surface area contributed by atoms with Crippen LogP contribution >= 0.6 is 11.6 Å². The number of aliphatic hydroxyl groups is 1. The number of nitrogens with one attached hydrogen (secondary N) is 1. The number of aliphatic hydroxyl groups excluding tert-OH is 1. The topological polar surface area (TPSA) is 64.4 Å². The van der Waals surface area contributed by atoms with E-state index in [1.807, 2.05) is 0 Å². The minimum atomic E-state index is -4.85. The number of carbonyl (C=O) groups excluding carboxylic acids is 1. The predicted molar refractivity (Wildman–Crippen MR) is 67.7 cm³/mol. The fourth-order valence-electron chi connectivity index (χ4n) is 1.42. The zero-order chi connectivity index (χ0) is 15.5. The van der Waals surface area contributed by atoms with E-state index in [0.29, 0.717) is 9.92 Å². The number of alkyl halides is 3. The van der Waals surface area contributed by atoms with E-state index in [9.17, 15) is 18.0 Å². The number of carbonyl (C=O) groups is 1. The molecule has 1 amide bonds. The van der Waals surface area contributed by atoms with Crippen LogP contribution in [0.15, 0.2) is 24.3 Å². The van der Waals surface area contributed by atoms with Gasteiger partial charge in [-0.05, 0) is 24.3 Å². The summed E-state index contributed by atoms with van der Waals surface area (Å²) in [7, 11) is 0. The molecule has 1 aromatic carbocycles. The van der Waals surface area contributed by atoms with E-state index in [1.165, 1.54) is 24.3 Å². The molecule has 110 valence electrons. The van der Waals surface area contributed by atoms with Crippen molar-refractivity contribution < 1.29 is 23.1 Å². The fraction of sp³-hybridized carbons (Fsp3) is 0.333. The normalized spacial score (nSPS) is 12.9. The highest BCUT2D eigenvalue weighted by Gasteiger charge is 2.40. The molecule has 1 aromatic rings. The van der Waals surface area contributed by atoms with Gasteiger partial charge in [0.05, 0.1) is 6.54 Å². The van der Waals surface area contributed by atoms with Crippen molar-refractivity contribution in [2.75, 3.05) is 6.54 Å². The Morgan fingerprint density at radius 2 is 1.90 bits per heavy atom. The molecule has 0 spiro atoms.